The second kappa shape index (κ2) is 8.32. The standard InChI is InChI=1S/C18H24N4O3/c1-13(2)21(3)18(24)12-22-11-15(10-19-22)20-17(23)9-14-7-5-6-8-16(14)25-4/h5-8,10-11,13H,9,12H2,1-4H3,(H,20,23). The first kappa shape index (κ1) is 18.5. The molecular formula is C18H24N4O3. The quantitative estimate of drug-likeness (QED) is 0.833. The van der Waals surface area contributed by atoms with Crippen LogP contribution in [0.25, 0.3) is 0 Å². The van der Waals surface area contributed by atoms with Gasteiger partial charge in [0.25, 0.3) is 0 Å². The van der Waals surface area contributed by atoms with Crippen molar-refractivity contribution in [2.45, 2.75) is 32.9 Å². The number of amides is 2. The van der Waals surface area contributed by atoms with E-state index >= 15 is 0 Å². The smallest absolute Gasteiger partial charge is 0.244 e. The summed E-state index contributed by atoms with van der Waals surface area (Å²) in [5.74, 6) is 0.468. The molecule has 1 aromatic carbocycles. The van der Waals surface area contributed by atoms with E-state index in [1.54, 1.807) is 25.3 Å². The minimum absolute atomic E-state index is 0.0370. The SMILES string of the molecule is COc1ccccc1CC(=O)Nc1cnn(CC(=O)N(C)C(C)C)c1. The highest BCUT2D eigenvalue weighted by molar-refractivity contribution is 5.92. The molecule has 0 spiro atoms. The maximum absolute atomic E-state index is 12.2. The lowest BCUT2D eigenvalue weighted by atomic mass is 10.1. The van der Waals surface area contributed by atoms with Crippen LogP contribution in [0.15, 0.2) is 36.7 Å². The van der Waals surface area contributed by atoms with E-state index in [4.69, 9.17) is 4.74 Å². The number of nitrogens with one attached hydrogen (secondary N) is 1. The van der Waals surface area contributed by atoms with Crippen LogP contribution in [0.2, 0.25) is 0 Å². The molecule has 0 atom stereocenters. The lowest BCUT2D eigenvalue weighted by Gasteiger charge is -2.21. The molecule has 0 saturated heterocycles. The highest BCUT2D eigenvalue weighted by Gasteiger charge is 2.14. The maximum Gasteiger partial charge on any atom is 0.244 e. The zero-order valence-corrected chi connectivity index (χ0v) is 15.0. The molecule has 0 aliphatic rings. The molecule has 1 heterocycles. The first-order valence-electron chi connectivity index (χ1n) is 8.10. The Labute approximate surface area is 147 Å². The number of nitrogens with zero attached hydrogens (tertiary/aromatic N) is 3. The fourth-order valence-corrected chi connectivity index (χ4v) is 2.28. The van der Waals surface area contributed by atoms with Crippen LogP contribution in [0, 0.1) is 0 Å². The summed E-state index contributed by atoms with van der Waals surface area (Å²) in [6.45, 7) is 4.03. The van der Waals surface area contributed by atoms with Gasteiger partial charge in [-0.05, 0) is 19.9 Å². The van der Waals surface area contributed by atoms with Crippen LogP contribution in [0.4, 0.5) is 5.69 Å². The number of aromatic nitrogens is 2. The molecule has 0 fully saturated rings. The van der Waals surface area contributed by atoms with Gasteiger partial charge in [0.1, 0.15) is 12.3 Å². The molecule has 7 heteroatoms. The van der Waals surface area contributed by atoms with Crippen molar-refractivity contribution in [3.05, 3.63) is 42.2 Å². The Kier molecular flexibility index (Phi) is 6.16. The van der Waals surface area contributed by atoms with E-state index < -0.39 is 0 Å². The fraction of sp³-hybridized carbons (Fsp3) is 0.389. The monoisotopic (exact) mass is 344 g/mol. The summed E-state index contributed by atoms with van der Waals surface area (Å²) in [6, 6.07) is 7.51. The summed E-state index contributed by atoms with van der Waals surface area (Å²) < 4.78 is 6.76. The van der Waals surface area contributed by atoms with Crippen molar-refractivity contribution < 1.29 is 14.3 Å². The number of para-hydroxylation sites is 1. The highest BCUT2D eigenvalue weighted by atomic mass is 16.5. The van der Waals surface area contributed by atoms with Crippen molar-refractivity contribution >= 4 is 17.5 Å². The molecule has 25 heavy (non-hydrogen) atoms. The van der Waals surface area contributed by atoms with Crippen molar-refractivity contribution in [1.82, 2.24) is 14.7 Å². The second-order valence-electron chi connectivity index (χ2n) is 6.06. The van der Waals surface area contributed by atoms with Crippen molar-refractivity contribution in [1.29, 1.82) is 0 Å². The third-order valence-corrected chi connectivity index (χ3v) is 3.93. The molecule has 7 nitrogen and oxygen atoms in total. The summed E-state index contributed by atoms with van der Waals surface area (Å²) in [5, 5.41) is 6.91. The van der Waals surface area contributed by atoms with Gasteiger partial charge in [-0.25, -0.2) is 0 Å². The number of benzene rings is 1. The fourth-order valence-electron chi connectivity index (χ4n) is 2.28. The molecule has 0 radical (unpaired) electrons. The number of hydrogen-bond acceptors (Lipinski definition) is 4. The minimum Gasteiger partial charge on any atom is -0.496 e. The van der Waals surface area contributed by atoms with Gasteiger partial charge in [-0.2, -0.15) is 5.10 Å². The predicted molar refractivity (Wildman–Crippen MR) is 95.5 cm³/mol. The van der Waals surface area contributed by atoms with Crippen LogP contribution in [0.1, 0.15) is 19.4 Å². The van der Waals surface area contributed by atoms with Crippen molar-refractivity contribution in [2.75, 3.05) is 19.5 Å². The Morgan fingerprint density at radius 3 is 2.72 bits per heavy atom. The number of likely N-dealkylation sites (N-methyl/N-ethyl adjacent to an activating group) is 1. The molecule has 0 aliphatic carbocycles. The average molecular weight is 344 g/mol. The van der Waals surface area contributed by atoms with E-state index in [1.165, 1.54) is 10.9 Å². The van der Waals surface area contributed by atoms with E-state index in [-0.39, 0.29) is 30.8 Å². The van der Waals surface area contributed by atoms with Gasteiger partial charge in [-0.3, -0.25) is 14.3 Å². The van der Waals surface area contributed by atoms with E-state index in [9.17, 15) is 9.59 Å². The molecule has 0 bridgehead atoms. The molecule has 2 aromatic rings. The number of rotatable bonds is 7. The van der Waals surface area contributed by atoms with Gasteiger partial charge in [0.2, 0.25) is 11.8 Å². The van der Waals surface area contributed by atoms with Gasteiger partial charge in [0.05, 0.1) is 25.4 Å². The second-order valence-corrected chi connectivity index (χ2v) is 6.06. The largest absolute Gasteiger partial charge is 0.496 e. The molecule has 134 valence electrons. The molecular weight excluding hydrogens is 320 g/mol. The van der Waals surface area contributed by atoms with Gasteiger partial charge in [-0.15, -0.1) is 0 Å². The zero-order valence-electron chi connectivity index (χ0n) is 15.0. The van der Waals surface area contributed by atoms with E-state index in [1.807, 2.05) is 38.1 Å². The number of ether oxygens (including phenoxy) is 1. The number of methoxy groups -OCH3 is 1. The number of carbonyl (C=O) groups is 2. The molecule has 2 amide bonds. The Bertz CT molecular complexity index is 739. The normalized spacial score (nSPS) is 10.6. The van der Waals surface area contributed by atoms with E-state index in [0.717, 1.165) is 5.56 Å². The first-order chi connectivity index (χ1) is 11.9. The van der Waals surface area contributed by atoms with E-state index in [2.05, 4.69) is 10.4 Å². The summed E-state index contributed by atoms with van der Waals surface area (Å²) in [7, 11) is 3.33. The number of hydrogen-bond donors (Lipinski definition) is 1. The predicted octanol–water partition coefficient (Wildman–Crippen LogP) is 1.94. The van der Waals surface area contributed by atoms with Gasteiger partial charge in [-0.1, -0.05) is 18.2 Å². The van der Waals surface area contributed by atoms with Gasteiger partial charge < -0.3 is 15.0 Å². The van der Waals surface area contributed by atoms with Crippen molar-refractivity contribution in [3.63, 3.8) is 0 Å². The molecule has 1 N–H and O–H groups in total. The first-order valence-corrected chi connectivity index (χ1v) is 8.10. The average Bonchev–Trinajstić information content (AvgIpc) is 3.01. The van der Waals surface area contributed by atoms with Crippen LogP contribution in [0.5, 0.6) is 5.75 Å². The van der Waals surface area contributed by atoms with Crippen molar-refractivity contribution in [3.8, 4) is 5.75 Å². The third kappa shape index (κ3) is 5.07. The van der Waals surface area contributed by atoms with Gasteiger partial charge in [0, 0.05) is 24.8 Å². The Morgan fingerprint density at radius 2 is 2.04 bits per heavy atom. The molecule has 0 saturated carbocycles. The van der Waals surface area contributed by atoms with Crippen LogP contribution in [-0.4, -0.2) is 46.7 Å². The Balaban J connectivity index is 1.94. The van der Waals surface area contributed by atoms with Crippen LogP contribution in [-0.2, 0) is 22.6 Å². The summed E-state index contributed by atoms with van der Waals surface area (Å²) in [5.41, 5.74) is 1.36. The van der Waals surface area contributed by atoms with Crippen molar-refractivity contribution in [2.24, 2.45) is 0 Å². The maximum atomic E-state index is 12.2. The van der Waals surface area contributed by atoms with Crippen LogP contribution < -0.4 is 10.1 Å². The highest BCUT2D eigenvalue weighted by Crippen LogP contribution is 2.18. The van der Waals surface area contributed by atoms with Gasteiger partial charge >= 0.3 is 0 Å². The number of carbonyl (C=O) groups excluding carboxylic acids is 2. The number of anilines is 1. The zero-order chi connectivity index (χ0) is 18.4. The molecule has 1 aromatic heterocycles. The Morgan fingerprint density at radius 1 is 1.32 bits per heavy atom. The minimum atomic E-state index is -0.172. The topological polar surface area (TPSA) is 76.5 Å². The third-order valence-electron chi connectivity index (χ3n) is 3.93. The van der Waals surface area contributed by atoms with Gasteiger partial charge in [0.15, 0.2) is 0 Å². The lowest BCUT2D eigenvalue weighted by molar-refractivity contribution is -0.132. The van der Waals surface area contributed by atoms with E-state index in [0.29, 0.717) is 11.4 Å². The molecule has 2 rings (SSSR count). The molecule has 0 unspecified atom stereocenters. The summed E-state index contributed by atoms with van der Waals surface area (Å²) in [4.78, 5) is 25.9. The summed E-state index contributed by atoms with van der Waals surface area (Å²) in [6.07, 6.45) is 3.37. The van der Waals surface area contributed by atoms with Crippen LogP contribution >= 0.6 is 0 Å². The lowest BCUT2D eigenvalue weighted by Crippen LogP contribution is -2.35. The Hall–Kier alpha value is -2.83. The summed E-state index contributed by atoms with van der Waals surface area (Å²) >= 11 is 0. The molecule has 0 aliphatic heterocycles. The van der Waals surface area contributed by atoms with Crippen LogP contribution in [0.3, 0.4) is 0 Å².